The largest absolute Gasteiger partial charge is 0.464 e. The van der Waals surface area contributed by atoms with Gasteiger partial charge in [0.2, 0.25) is 6.04 Å². The molecule has 0 aromatic heterocycles. The maximum absolute atomic E-state index is 12.3. The maximum Gasteiger partial charge on any atom is 0.340 e. The van der Waals surface area contributed by atoms with Crippen molar-refractivity contribution in [3.8, 4) is 0 Å². The second-order valence-corrected chi connectivity index (χ2v) is 5.66. The second-order valence-electron chi connectivity index (χ2n) is 3.81. The van der Waals surface area contributed by atoms with E-state index in [2.05, 4.69) is 10.3 Å². The van der Waals surface area contributed by atoms with Crippen molar-refractivity contribution >= 4 is 45.5 Å². The topological polar surface area (TPSA) is 67.8 Å². The SMILES string of the molecule is CCOC(=O)[C@@H](N=C(SC)SC)C(=O)Nc1ccccc1. The molecular formula is C14H18N2O3S2. The number of amides is 1. The number of para-hydroxylation sites is 1. The third kappa shape index (κ3) is 5.81. The Labute approximate surface area is 132 Å². The van der Waals surface area contributed by atoms with Crippen molar-refractivity contribution < 1.29 is 14.3 Å². The van der Waals surface area contributed by atoms with Crippen LogP contribution in [0, 0.1) is 0 Å². The number of aliphatic imine (C=N–C) groups is 1. The molecule has 1 aromatic carbocycles. The third-order valence-electron chi connectivity index (χ3n) is 2.38. The van der Waals surface area contributed by atoms with Crippen LogP contribution in [0.3, 0.4) is 0 Å². The van der Waals surface area contributed by atoms with Crippen LogP contribution in [-0.2, 0) is 14.3 Å². The Bertz CT molecular complexity index is 500. The lowest BCUT2D eigenvalue weighted by molar-refractivity contribution is -0.146. The monoisotopic (exact) mass is 326 g/mol. The van der Waals surface area contributed by atoms with E-state index in [0.29, 0.717) is 10.1 Å². The highest BCUT2D eigenvalue weighted by Crippen LogP contribution is 2.14. The van der Waals surface area contributed by atoms with Gasteiger partial charge >= 0.3 is 5.97 Å². The molecule has 1 N–H and O–H groups in total. The quantitative estimate of drug-likeness (QED) is 0.390. The summed E-state index contributed by atoms with van der Waals surface area (Å²) in [4.78, 5) is 28.4. The molecule has 0 radical (unpaired) electrons. The predicted molar refractivity (Wildman–Crippen MR) is 90.0 cm³/mol. The lowest BCUT2D eigenvalue weighted by atomic mass is 10.2. The van der Waals surface area contributed by atoms with Crippen LogP contribution in [-0.4, -0.2) is 41.4 Å². The molecule has 0 unspecified atom stereocenters. The average Bonchev–Trinajstić information content (AvgIpc) is 2.49. The van der Waals surface area contributed by atoms with E-state index in [-0.39, 0.29) is 6.61 Å². The van der Waals surface area contributed by atoms with Gasteiger partial charge < -0.3 is 10.1 Å². The van der Waals surface area contributed by atoms with Crippen molar-refractivity contribution in [2.45, 2.75) is 13.0 Å². The van der Waals surface area contributed by atoms with Crippen LogP contribution < -0.4 is 5.32 Å². The van der Waals surface area contributed by atoms with Crippen molar-refractivity contribution in [1.82, 2.24) is 0 Å². The first kappa shape index (κ1) is 17.6. The van der Waals surface area contributed by atoms with Gasteiger partial charge in [-0.3, -0.25) is 4.79 Å². The van der Waals surface area contributed by atoms with E-state index in [1.54, 1.807) is 31.2 Å². The van der Waals surface area contributed by atoms with Crippen LogP contribution in [0.4, 0.5) is 5.69 Å². The Hall–Kier alpha value is -1.47. The highest BCUT2D eigenvalue weighted by Gasteiger charge is 2.28. The molecule has 1 aromatic rings. The Morgan fingerprint density at radius 2 is 1.86 bits per heavy atom. The molecular weight excluding hydrogens is 308 g/mol. The molecule has 0 saturated carbocycles. The lowest BCUT2D eigenvalue weighted by Crippen LogP contribution is -2.35. The molecule has 0 saturated heterocycles. The van der Waals surface area contributed by atoms with Gasteiger partial charge in [-0.05, 0) is 31.6 Å². The van der Waals surface area contributed by atoms with E-state index < -0.39 is 17.9 Å². The van der Waals surface area contributed by atoms with Gasteiger partial charge in [0, 0.05) is 5.69 Å². The summed E-state index contributed by atoms with van der Waals surface area (Å²) >= 11 is 2.77. The zero-order valence-corrected chi connectivity index (χ0v) is 13.8. The van der Waals surface area contributed by atoms with E-state index in [1.165, 1.54) is 23.5 Å². The van der Waals surface area contributed by atoms with Crippen molar-refractivity contribution in [3.63, 3.8) is 0 Å². The number of esters is 1. The first-order valence-electron chi connectivity index (χ1n) is 6.30. The molecule has 114 valence electrons. The van der Waals surface area contributed by atoms with E-state index in [1.807, 2.05) is 18.6 Å². The molecule has 21 heavy (non-hydrogen) atoms. The van der Waals surface area contributed by atoms with Crippen LogP contribution in [0.15, 0.2) is 35.3 Å². The Morgan fingerprint density at radius 3 is 2.38 bits per heavy atom. The van der Waals surface area contributed by atoms with E-state index in [4.69, 9.17) is 4.74 Å². The van der Waals surface area contributed by atoms with Gasteiger partial charge in [-0.25, -0.2) is 9.79 Å². The van der Waals surface area contributed by atoms with Gasteiger partial charge in [-0.15, -0.1) is 23.5 Å². The van der Waals surface area contributed by atoms with Crippen LogP contribution in [0.2, 0.25) is 0 Å². The Balaban J connectivity index is 2.92. The zero-order valence-electron chi connectivity index (χ0n) is 12.2. The van der Waals surface area contributed by atoms with Crippen LogP contribution in [0.25, 0.3) is 0 Å². The minimum Gasteiger partial charge on any atom is -0.464 e. The molecule has 0 aliphatic rings. The van der Waals surface area contributed by atoms with Crippen LogP contribution in [0.5, 0.6) is 0 Å². The fraction of sp³-hybridized carbons (Fsp3) is 0.357. The summed E-state index contributed by atoms with van der Waals surface area (Å²) < 4.78 is 5.58. The summed E-state index contributed by atoms with van der Waals surface area (Å²) in [5.74, 6) is -1.15. The minimum absolute atomic E-state index is 0.206. The number of hydrogen-bond acceptors (Lipinski definition) is 6. The number of hydrogen-bond donors (Lipinski definition) is 1. The zero-order chi connectivity index (χ0) is 15.7. The van der Waals surface area contributed by atoms with E-state index >= 15 is 0 Å². The summed E-state index contributed by atoms with van der Waals surface area (Å²) in [5.41, 5.74) is 0.613. The Kier molecular flexibility index (Phi) is 7.92. The fourth-order valence-corrected chi connectivity index (χ4v) is 2.55. The van der Waals surface area contributed by atoms with Gasteiger partial charge in [0.1, 0.15) is 4.38 Å². The number of anilines is 1. The van der Waals surface area contributed by atoms with Gasteiger partial charge in [0.15, 0.2) is 0 Å². The van der Waals surface area contributed by atoms with Crippen molar-refractivity contribution in [1.29, 1.82) is 0 Å². The van der Waals surface area contributed by atoms with Gasteiger partial charge in [0.25, 0.3) is 5.91 Å². The summed E-state index contributed by atoms with van der Waals surface area (Å²) in [7, 11) is 0. The molecule has 1 rings (SSSR count). The number of nitrogens with zero attached hydrogens (tertiary/aromatic N) is 1. The number of benzene rings is 1. The molecule has 0 spiro atoms. The Morgan fingerprint density at radius 1 is 1.24 bits per heavy atom. The van der Waals surface area contributed by atoms with E-state index in [9.17, 15) is 9.59 Å². The smallest absolute Gasteiger partial charge is 0.340 e. The predicted octanol–water partition coefficient (Wildman–Crippen LogP) is 2.64. The summed E-state index contributed by atoms with van der Waals surface area (Å²) in [6, 6.07) is 7.74. The molecule has 0 aliphatic heterocycles. The average molecular weight is 326 g/mol. The number of nitrogens with one attached hydrogen (secondary N) is 1. The van der Waals surface area contributed by atoms with Crippen LogP contribution in [0.1, 0.15) is 6.92 Å². The standard InChI is InChI=1S/C14H18N2O3S2/c1-4-19-13(18)11(16-14(20-2)21-3)12(17)15-10-8-6-5-7-9-10/h5-9,11H,4H2,1-3H3,(H,15,17)/t11-/m0/s1. The molecule has 0 heterocycles. The molecule has 7 heteroatoms. The van der Waals surface area contributed by atoms with Gasteiger partial charge in [0.05, 0.1) is 6.61 Å². The number of carbonyl (C=O) groups excluding carboxylic acids is 2. The fourth-order valence-electron chi connectivity index (χ4n) is 1.47. The highest BCUT2D eigenvalue weighted by atomic mass is 32.2. The normalized spacial score (nSPS) is 11.4. The summed E-state index contributed by atoms with van der Waals surface area (Å²) in [5, 5.41) is 2.67. The number of rotatable bonds is 5. The molecule has 0 aliphatic carbocycles. The lowest BCUT2D eigenvalue weighted by Gasteiger charge is -2.13. The number of thioether (sulfide) groups is 2. The van der Waals surface area contributed by atoms with Crippen molar-refractivity contribution in [3.05, 3.63) is 30.3 Å². The first-order chi connectivity index (χ1) is 10.1. The first-order valence-corrected chi connectivity index (χ1v) is 8.75. The minimum atomic E-state index is -1.19. The summed E-state index contributed by atoms with van der Waals surface area (Å²) in [6.45, 7) is 1.90. The maximum atomic E-state index is 12.3. The van der Waals surface area contributed by atoms with Gasteiger partial charge in [-0.2, -0.15) is 0 Å². The van der Waals surface area contributed by atoms with Gasteiger partial charge in [-0.1, -0.05) is 18.2 Å². The number of ether oxygens (including phenoxy) is 1. The summed E-state index contributed by atoms with van der Waals surface area (Å²) in [6.07, 6.45) is 3.68. The number of carbonyl (C=O) groups is 2. The van der Waals surface area contributed by atoms with Crippen molar-refractivity contribution in [2.24, 2.45) is 4.99 Å². The highest BCUT2D eigenvalue weighted by molar-refractivity contribution is 8.38. The van der Waals surface area contributed by atoms with Crippen LogP contribution >= 0.6 is 23.5 Å². The molecule has 0 bridgehead atoms. The third-order valence-corrected chi connectivity index (χ3v) is 4.29. The van der Waals surface area contributed by atoms with E-state index in [0.717, 1.165) is 0 Å². The molecule has 1 amide bonds. The second kappa shape index (κ2) is 9.46. The molecule has 0 fully saturated rings. The van der Waals surface area contributed by atoms with Crippen molar-refractivity contribution in [2.75, 3.05) is 24.4 Å². The molecule has 1 atom stereocenters. The molecule has 5 nitrogen and oxygen atoms in total.